The molecule has 1 rings (SSSR count). The molecule has 1 unspecified atom stereocenters. The molecule has 0 radical (unpaired) electrons. The van der Waals surface area contributed by atoms with Crippen molar-refractivity contribution in [2.75, 3.05) is 0 Å². The zero-order valence-electron chi connectivity index (χ0n) is 8.79. The SMILES string of the molecule is CCC(N)CC(=O)c1ccccc1C. The van der Waals surface area contributed by atoms with Gasteiger partial charge < -0.3 is 5.73 Å². The van der Waals surface area contributed by atoms with E-state index in [0.29, 0.717) is 6.42 Å². The second kappa shape index (κ2) is 4.91. The molecule has 2 heteroatoms. The molecule has 0 aliphatic heterocycles. The first kappa shape index (κ1) is 10.9. The van der Waals surface area contributed by atoms with Crippen molar-refractivity contribution >= 4 is 5.78 Å². The number of ketones is 1. The van der Waals surface area contributed by atoms with Gasteiger partial charge in [-0.05, 0) is 18.9 Å². The Hall–Kier alpha value is -1.15. The molecule has 0 aromatic heterocycles. The van der Waals surface area contributed by atoms with Gasteiger partial charge in [-0.25, -0.2) is 0 Å². The van der Waals surface area contributed by atoms with Crippen molar-refractivity contribution < 1.29 is 4.79 Å². The Kier molecular flexibility index (Phi) is 3.84. The smallest absolute Gasteiger partial charge is 0.164 e. The zero-order valence-corrected chi connectivity index (χ0v) is 8.79. The molecule has 0 spiro atoms. The number of benzene rings is 1. The lowest BCUT2D eigenvalue weighted by molar-refractivity contribution is 0.0973. The van der Waals surface area contributed by atoms with E-state index in [1.165, 1.54) is 0 Å². The molecule has 2 N–H and O–H groups in total. The van der Waals surface area contributed by atoms with Gasteiger partial charge in [0.05, 0.1) is 0 Å². The minimum Gasteiger partial charge on any atom is -0.327 e. The van der Waals surface area contributed by atoms with Crippen molar-refractivity contribution in [3.8, 4) is 0 Å². The van der Waals surface area contributed by atoms with Gasteiger partial charge in [0.1, 0.15) is 0 Å². The largest absolute Gasteiger partial charge is 0.327 e. The number of nitrogens with two attached hydrogens (primary N) is 1. The lowest BCUT2D eigenvalue weighted by atomic mass is 9.99. The fourth-order valence-corrected chi connectivity index (χ4v) is 1.38. The van der Waals surface area contributed by atoms with E-state index >= 15 is 0 Å². The average Bonchev–Trinajstić information content (AvgIpc) is 2.18. The van der Waals surface area contributed by atoms with Crippen molar-refractivity contribution in [1.29, 1.82) is 0 Å². The van der Waals surface area contributed by atoms with Crippen molar-refractivity contribution in [3.63, 3.8) is 0 Å². The van der Waals surface area contributed by atoms with Crippen LogP contribution in [-0.2, 0) is 0 Å². The third kappa shape index (κ3) is 2.67. The zero-order chi connectivity index (χ0) is 10.6. The van der Waals surface area contributed by atoms with Gasteiger partial charge in [0, 0.05) is 18.0 Å². The summed E-state index contributed by atoms with van der Waals surface area (Å²) in [5.74, 6) is 0.150. The second-order valence-electron chi connectivity index (χ2n) is 3.61. The first-order chi connectivity index (χ1) is 6.65. The summed E-state index contributed by atoms with van der Waals surface area (Å²) >= 11 is 0. The van der Waals surface area contributed by atoms with Crippen molar-refractivity contribution in [2.45, 2.75) is 32.7 Å². The Bertz CT molecular complexity index is 320. The van der Waals surface area contributed by atoms with Crippen molar-refractivity contribution in [1.82, 2.24) is 0 Å². The maximum absolute atomic E-state index is 11.8. The van der Waals surface area contributed by atoms with Gasteiger partial charge in [0.2, 0.25) is 0 Å². The van der Waals surface area contributed by atoms with Crippen LogP contribution in [0.1, 0.15) is 35.7 Å². The van der Waals surface area contributed by atoms with Crippen LogP contribution in [0, 0.1) is 6.92 Å². The van der Waals surface area contributed by atoms with E-state index in [2.05, 4.69) is 0 Å². The highest BCUT2D eigenvalue weighted by Crippen LogP contribution is 2.11. The van der Waals surface area contributed by atoms with Crippen LogP contribution in [0.25, 0.3) is 0 Å². The van der Waals surface area contributed by atoms with Crippen LogP contribution in [0.3, 0.4) is 0 Å². The topological polar surface area (TPSA) is 43.1 Å². The summed E-state index contributed by atoms with van der Waals surface area (Å²) in [6.07, 6.45) is 1.29. The summed E-state index contributed by atoms with van der Waals surface area (Å²) in [4.78, 5) is 11.8. The first-order valence-corrected chi connectivity index (χ1v) is 4.99. The maximum atomic E-state index is 11.8. The van der Waals surface area contributed by atoms with Crippen LogP contribution in [0.2, 0.25) is 0 Å². The van der Waals surface area contributed by atoms with E-state index in [4.69, 9.17) is 5.73 Å². The molecule has 0 saturated carbocycles. The Morgan fingerprint density at radius 1 is 1.43 bits per heavy atom. The summed E-state index contributed by atoms with van der Waals surface area (Å²) < 4.78 is 0. The van der Waals surface area contributed by atoms with Crippen LogP contribution >= 0.6 is 0 Å². The average molecular weight is 191 g/mol. The highest BCUT2D eigenvalue weighted by atomic mass is 16.1. The molecule has 76 valence electrons. The molecular formula is C12H17NO. The van der Waals surface area contributed by atoms with Gasteiger partial charge in [-0.1, -0.05) is 31.2 Å². The molecule has 1 atom stereocenters. The van der Waals surface area contributed by atoms with E-state index in [1.807, 2.05) is 38.1 Å². The van der Waals surface area contributed by atoms with E-state index < -0.39 is 0 Å². The number of aryl methyl sites for hydroxylation is 1. The van der Waals surface area contributed by atoms with Gasteiger partial charge in [0.25, 0.3) is 0 Å². The number of hydrogen-bond donors (Lipinski definition) is 1. The van der Waals surface area contributed by atoms with Gasteiger partial charge in [0.15, 0.2) is 5.78 Å². The first-order valence-electron chi connectivity index (χ1n) is 4.99. The Morgan fingerprint density at radius 2 is 2.07 bits per heavy atom. The molecular weight excluding hydrogens is 174 g/mol. The van der Waals surface area contributed by atoms with E-state index in [0.717, 1.165) is 17.5 Å². The predicted molar refractivity (Wildman–Crippen MR) is 58.4 cm³/mol. The van der Waals surface area contributed by atoms with Gasteiger partial charge in [-0.2, -0.15) is 0 Å². The molecule has 0 aliphatic rings. The van der Waals surface area contributed by atoms with Gasteiger partial charge in [-0.15, -0.1) is 0 Å². The second-order valence-corrected chi connectivity index (χ2v) is 3.61. The lowest BCUT2D eigenvalue weighted by Gasteiger charge is -2.08. The summed E-state index contributed by atoms with van der Waals surface area (Å²) in [7, 11) is 0. The molecule has 0 saturated heterocycles. The quantitative estimate of drug-likeness (QED) is 0.742. The summed E-state index contributed by atoms with van der Waals surface area (Å²) in [5, 5.41) is 0. The number of rotatable bonds is 4. The number of carbonyl (C=O) groups excluding carboxylic acids is 1. The van der Waals surface area contributed by atoms with Crippen LogP contribution in [0.5, 0.6) is 0 Å². The molecule has 14 heavy (non-hydrogen) atoms. The minimum atomic E-state index is -0.0119. The van der Waals surface area contributed by atoms with E-state index in [-0.39, 0.29) is 11.8 Å². The normalized spacial score (nSPS) is 12.5. The van der Waals surface area contributed by atoms with Gasteiger partial charge in [-0.3, -0.25) is 4.79 Å². The highest BCUT2D eigenvalue weighted by Gasteiger charge is 2.11. The molecule has 2 nitrogen and oxygen atoms in total. The monoisotopic (exact) mass is 191 g/mol. The van der Waals surface area contributed by atoms with Crippen LogP contribution in [0.4, 0.5) is 0 Å². The number of Topliss-reactive ketones (excluding diaryl/α,β-unsaturated/α-hetero) is 1. The Morgan fingerprint density at radius 3 is 2.64 bits per heavy atom. The van der Waals surface area contributed by atoms with Crippen LogP contribution < -0.4 is 5.73 Å². The molecule has 0 aliphatic carbocycles. The molecule has 0 amide bonds. The summed E-state index contributed by atoms with van der Waals surface area (Å²) in [6.45, 7) is 3.94. The fraction of sp³-hybridized carbons (Fsp3) is 0.417. The Labute approximate surface area is 85.1 Å². The molecule has 0 heterocycles. The third-order valence-electron chi connectivity index (χ3n) is 2.42. The van der Waals surface area contributed by atoms with Crippen molar-refractivity contribution in [3.05, 3.63) is 35.4 Å². The standard InChI is InChI=1S/C12H17NO/c1-3-10(13)8-12(14)11-7-5-4-6-9(11)2/h4-7,10H,3,8,13H2,1-2H3. The fourth-order valence-electron chi connectivity index (χ4n) is 1.38. The van der Waals surface area contributed by atoms with Crippen LogP contribution in [0.15, 0.2) is 24.3 Å². The minimum absolute atomic E-state index is 0.0119. The summed E-state index contributed by atoms with van der Waals surface area (Å²) in [5.41, 5.74) is 7.57. The van der Waals surface area contributed by atoms with Gasteiger partial charge >= 0.3 is 0 Å². The highest BCUT2D eigenvalue weighted by molar-refractivity contribution is 5.97. The molecule has 0 bridgehead atoms. The van der Waals surface area contributed by atoms with Crippen molar-refractivity contribution in [2.24, 2.45) is 5.73 Å². The molecule has 0 fully saturated rings. The van der Waals surface area contributed by atoms with E-state index in [9.17, 15) is 4.79 Å². The van der Waals surface area contributed by atoms with E-state index in [1.54, 1.807) is 0 Å². The maximum Gasteiger partial charge on any atom is 0.164 e. The summed E-state index contributed by atoms with van der Waals surface area (Å²) in [6, 6.07) is 7.62. The lowest BCUT2D eigenvalue weighted by Crippen LogP contribution is -2.23. The van der Waals surface area contributed by atoms with Crippen LogP contribution in [-0.4, -0.2) is 11.8 Å². The Balaban J connectivity index is 2.75. The molecule has 1 aromatic rings. The number of carbonyl (C=O) groups is 1. The predicted octanol–water partition coefficient (Wildman–Crippen LogP) is 2.31. The third-order valence-corrected chi connectivity index (χ3v) is 2.42. The molecule has 1 aromatic carbocycles. The number of hydrogen-bond acceptors (Lipinski definition) is 2.